The predicted molar refractivity (Wildman–Crippen MR) is 37.7 cm³/mol. The van der Waals surface area contributed by atoms with Gasteiger partial charge in [0.1, 0.15) is 0 Å². The minimum absolute atomic E-state index is 0.0751. The first-order valence-electron chi connectivity index (χ1n) is 4.12. The summed E-state index contributed by atoms with van der Waals surface area (Å²) in [5, 5.41) is -0.308. The van der Waals surface area contributed by atoms with E-state index in [0.29, 0.717) is 0 Å². The molecule has 1 saturated heterocycles. The fraction of sp³-hybridized carbons (Fsp3) is 1.00. The molecule has 0 amide bonds. The van der Waals surface area contributed by atoms with Crippen LogP contribution in [-0.2, 0) is 0 Å². The van der Waals surface area contributed by atoms with Gasteiger partial charge in [0.15, 0.2) is 0 Å². The smallest absolute Gasteiger partial charge is 0.448 e. The summed E-state index contributed by atoms with van der Waals surface area (Å²) in [5.74, 6) is -5.00. The molecule has 1 heterocycles. The first-order valence-corrected chi connectivity index (χ1v) is 4.12. The van der Waals surface area contributed by atoms with E-state index in [2.05, 4.69) is 5.32 Å². The zero-order valence-electron chi connectivity index (χ0n) is 6.67. The summed E-state index contributed by atoms with van der Waals surface area (Å²) in [6.45, 7) is -5.81. The number of alkyl halides is 2. The fourth-order valence-corrected chi connectivity index (χ4v) is 2.34. The summed E-state index contributed by atoms with van der Waals surface area (Å²) in [4.78, 5) is 0. The molecule has 2 atom stereocenters. The van der Waals surface area contributed by atoms with Crippen LogP contribution in [0.1, 0.15) is 6.42 Å². The molecule has 7 heteroatoms. The lowest BCUT2D eigenvalue weighted by atomic mass is 9.65. The van der Waals surface area contributed by atoms with Gasteiger partial charge in [-0.1, -0.05) is 0 Å². The van der Waals surface area contributed by atoms with Crippen LogP contribution in [-0.4, -0.2) is 26.0 Å². The number of fused-ring (bicyclic) bond motifs is 1. The van der Waals surface area contributed by atoms with Crippen LogP contribution >= 0.6 is 0 Å². The van der Waals surface area contributed by atoms with Crippen molar-refractivity contribution in [3.8, 4) is 0 Å². The Morgan fingerprint density at radius 3 is 2.23 bits per heavy atom. The van der Waals surface area contributed by atoms with Crippen molar-refractivity contribution < 1.29 is 21.7 Å². The maximum absolute atomic E-state index is 12.9. The van der Waals surface area contributed by atoms with Crippen molar-refractivity contribution in [2.45, 2.75) is 17.7 Å². The second kappa shape index (κ2) is 2.19. The molecule has 1 aliphatic heterocycles. The molecule has 1 nitrogen and oxygen atoms in total. The van der Waals surface area contributed by atoms with E-state index in [9.17, 15) is 21.7 Å². The Bertz CT molecular complexity index is 240. The van der Waals surface area contributed by atoms with E-state index in [1.807, 2.05) is 0 Å². The van der Waals surface area contributed by atoms with Crippen molar-refractivity contribution in [2.24, 2.45) is 5.92 Å². The fourth-order valence-electron chi connectivity index (χ4n) is 2.34. The van der Waals surface area contributed by atoms with Gasteiger partial charge in [-0.3, -0.25) is 0 Å². The number of halogens is 5. The highest BCUT2D eigenvalue weighted by Gasteiger charge is 2.85. The van der Waals surface area contributed by atoms with E-state index in [1.54, 1.807) is 0 Å². The lowest BCUT2D eigenvalue weighted by Crippen LogP contribution is -2.41. The van der Waals surface area contributed by atoms with E-state index >= 15 is 0 Å². The standard InChI is InChI=1S/C6H8BF5N/c8-6(9)4-1-2-13-3-5(4,6)7(10,11)12/h4,13H,1-3H2/q-1. The molecule has 1 saturated carbocycles. The summed E-state index contributed by atoms with van der Waals surface area (Å²) in [6.07, 6.45) is -0.0751. The molecular weight excluding hydrogens is 192 g/mol. The molecule has 2 fully saturated rings. The van der Waals surface area contributed by atoms with Crippen molar-refractivity contribution in [2.75, 3.05) is 13.1 Å². The lowest BCUT2D eigenvalue weighted by Gasteiger charge is -2.30. The van der Waals surface area contributed by atoms with Crippen LogP contribution in [0.2, 0.25) is 5.31 Å². The molecule has 0 aromatic rings. The van der Waals surface area contributed by atoms with Crippen LogP contribution in [0, 0.1) is 5.92 Å². The van der Waals surface area contributed by atoms with Crippen molar-refractivity contribution in [3.63, 3.8) is 0 Å². The summed E-state index contributed by atoms with van der Waals surface area (Å²) in [6, 6.07) is 0. The van der Waals surface area contributed by atoms with Crippen LogP contribution in [0.4, 0.5) is 21.7 Å². The average Bonchev–Trinajstić information content (AvgIpc) is 2.51. The van der Waals surface area contributed by atoms with Gasteiger partial charge in [0.2, 0.25) is 5.92 Å². The molecule has 1 aliphatic carbocycles. The van der Waals surface area contributed by atoms with Crippen LogP contribution in [0.25, 0.3) is 0 Å². The van der Waals surface area contributed by atoms with Crippen molar-refractivity contribution in [1.29, 1.82) is 0 Å². The zero-order valence-corrected chi connectivity index (χ0v) is 6.67. The lowest BCUT2D eigenvalue weighted by molar-refractivity contribution is 0.0830. The summed E-state index contributed by atoms with van der Waals surface area (Å²) in [5.41, 5.74) is 0. The van der Waals surface area contributed by atoms with E-state index in [0.717, 1.165) is 0 Å². The zero-order chi connectivity index (χ0) is 9.91. The number of hydrogen-bond acceptors (Lipinski definition) is 1. The van der Waals surface area contributed by atoms with Gasteiger partial charge in [0.25, 0.3) is 0 Å². The maximum Gasteiger partial charge on any atom is 0.492 e. The average molecular weight is 200 g/mol. The quantitative estimate of drug-likeness (QED) is 0.502. The van der Waals surface area contributed by atoms with E-state index in [-0.39, 0.29) is 13.0 Å². The van der Waals surface area contributed by atoms with Crippen LogP contribution in [0.5, 0.6) is 0 Å². The van der Waals surface area contributed by atoms with Gasteiger partial charge >= 0.3 is 6.98 Å². The number of rotatable bonds is 1. The van der Waals surface area contributed by atoms with Gasteiger partial charge in [0, 0.05) is 11.2 Å². The van der Waals surface area contributed by atoms with Crippen molar-refractivity contribution in [3.05, 3.63) is 0 Å². The highest BCUT2D eigenvalue weighted by molar-refractivity contribution is 6.64. The summed E-state index contributed by atoms with van der Waals surface area (Å²) >= 11 is 0. The van der Waals surface area contributed by atoms with Crippen molar-refractivity contribution in [1.82, 2.24) is 5.32 Å². The Kier molecular flexibility index (Phi) is 1.55. The molecule has 0 radical (unpaired) electrons. The summed E-state index contributed by atoms with van der Waals surface area (Å²) < 4.78 is 63.0. The number of hydrogen-bond donors (Lipinski definition) is 1. The Morgan fingerprint density at radius 2 is 1.85 bits per heavy atom. The molecule has 0 bridgehead atoms. The molecule has 0 aromatic heterocycles. The SMILES string of the molecule is F[B-](F)(F)C12CNCCC1C2(F)F. The Morgan fingerprint density at radius 1 is 1.23 bits per heavy atom. The van der Waals surface area contributed by atoms with E-state index < -0.39 is 30.7 Å². The molecule has 13 heavy (non-hydrogen) atoms. The highest BCUT2D eigenvalue weighted by atomic mass is 19.4. The second-order valence-corrected chi connectivity index (χ2v) is 3.76. The Balaban J connectivity index is 2.32. The van der Waals surface area contributed by atoms with E-state index in [1.165, 1.54) is 0 Å². The van der Waals surface area contributed by atoms with Gasteiger partial charge in [-0.2, -0.15) is 0 Å². The topological polar surface area (TPSA) is 12.0 Å². The molecule has 2 rings (SSSR count). The first-order chi connectivity index (χ1) is 5.84. The highest BCUT2D eigenvalue weighted by Crippen LogP contribution is 2.78. The van der Waals surface area contributed by atoms with Crippen molar-refractivity contribution >= 4 is 6.98 Å². The third kappa shape index (κ3) is 0.859. The second-order valence-electron chi connectivity index (χ2n) is 3.76. The van der Waals surface area contributed by atoms with E-state index in [4.69, 9.17) is 0 Å². The Hall–Kier alpha value is -0.325. The molecule has 0 spiro atoms. The van der Waals surface area contributed by atoms with Gasteiger partial charge in [-0.05, 0) is 19.5 Å². The van der Waals surface area contributed by atoms with Crippen LogP contribution in [0.3, 0.4) is 0 Å². The normalized spacial score (nSPS) is 42.7. The molecule has 1 N–H and O–H groups in total. The molecular formula is C6H8BF5N-. The number of piperidine rings is 1. The largest absolute Gasteiger partial charge is 0.492 e. The minimum atomic E-state index is -5.45. The van der Waals surface area contributed by atoms with Crippen LogP contribution < -0.4 is 5.32 Å². The third-order valence-corrected chi connectivity index (χ3v) is 3.21. The van der Waals surface area contributed by atoms with Gasteiger partial charge in [0.05, 0.1) is 0 Å². The molecule has 2 unspecified atom stereocenters. The molecule has 76 valence electrons. The number of nitrogens with one attached hydrogen (secondary N) is 1. The van der Waals surface area contributed by atoms with Crippen LogP contribution in [0.15, 0.2) is 0 Å². The Labute approximate surface area is 71.7 Å². The van der Waals surface area contributed by atoms with Gasteiger partial charge < -0.3 is 18.3 Å². The third-order valence-electron chi connectivity index (χ3n) is 3.21. The maximum atomic E-state index is 12.9. The minimum Gasteiger partial charge on any atom is -0.448 e. The van der Waals surface area contributed by atoms with Gasteiger partial charge in [-0.25, -0.2) is 8.78 Å². The summed E-state index contributed by atoms with van der Waals surface area (Å²) in [7, 11) is 0. The first kappa shape index (κ1) is 9.24. The monoisotopic (exact) mass is 200 g/mol. The molecule has 2 aliphatic rings. The predicted octanol–water partition coefficient (Wildman–Crippen LogP) is 1.83. The van der Waals surface area contributed by atoms with Gasteiger partial charge in [-0.15, -0.1) is 0 Å². The molecule has 0 aromatic carbocycles.